The van der Waals surface area contributed by atoms with Crippen LogP contribution < -0.4 is 0 Å². The predicted molar refractivity (Wildman–Crippen MR) is 119 cm³/mol. The van der Waals surface area contributed by atoms with Gasteiger partial charge in [-0.25, -0.2) is 12.7 Å². The number of unbranched alkanes of at least 4 members (excludes halogenated alkanes) is 1. The molecule has 0 N–H and O–H groups in total. The van der Waals surface area contributed by atoms with Crippen LogP contribution in [0.1, 0.15) is 54.9 Å². The molecule has 1 heterocycles. The Hall–Kier alpha value is -2.47. The third kappa shape index (κ3) is 4.19. The molecule has 2 aliphatic rings. The van der Waals surface area contributed by atoms with E-state index in [0.717, 1.165) is 49.3 Å². The van der Waals surface area contributed by atoms with Gasteiger partial charge in [0.15, 0.2) is 5.25 Å². The molecule has 1 amide bonds. The number of carbonyl (C=O) groups is 1. The molecule has 4 rings (SSSR count). The van der Waals surface area contributed by atoms with E-state index in [2.05, 4.69) is 17.1 Å². The summed E-state index contributed by atoms with van der Waals surface area (Å²) < 4.78 is 28.0. The number of carbonyl (C=O) groups excluding carboxylic acids is 1. The van der Waals surface area contributed by atoms with Crippen molar-refractivity contribution >= 4 is 21.6 Å². The van der Waals surface area contributed by atoms with Crippen LogP contribution in [0, 0.1) is 0 Å². The van der Waals surface area contributed by atoms with Crippen molar-refractivity contribution in [1.82, 2.24) is 4.31 Å². The highest BCUT2D eigenvalue weighted by Crippen LogP contribution is 2.39. The van der Waals surface area contributed by atoms with Gasteiger partial charge >= 0.3 is 0 Å². The van der Waals surface area contributed by atoms with Crippen LogP contribution in [-0.4, -0.2) is 36.9 Å². The van der Waals surface area contributed by atoms with Gasteiger partial charge in [0.25, 0.3) is 15.9 Å². The molecule has 6 heteroatoms. The van der Waals surface area contributed by atoms with Crippen molar-refractivity contribution in [2.24, 2.45) is 4.99 Å². The Morgan fingerprint density at radius 2 is 1.53 bits per heavy atom. The first kappa shape index (κ1) is 20.8. The van der Waals surface area contributed by atoms with Crippen molar-refractivity contribution in [2.75, 3.05) is 6.54 Å². The SMILES string of the molecule is O=C1C(=NCCCCc2ccccc2)C(c2ccccc2)S(=O)(=O)N1C1CCCC1. The van der Waals surface area contributed by atoms with E-state index in [1.807, 2.05) is 36.4 Å². The fourth-order valence-electron chi connectivity index (χ4n) is 4.50. The molecule has 30 heavy (non-hydrogen) atoms. The highest BCUT2D eigenvalue weighted by molar-refractivity contribution is 7.91. The first-order valence-electron chi connectivity index (χ1n) is 10.8. The quantitative estimate of drug-likeness (QED) is 0.622. The number of rotatable bonds is 7. The van der Waals surface area contributed by atoms with Gasteiger partial charge in [0.05, 0.1) is 0 Å². The van der Waals surface area contributed by atoms with Crippen molar-refractivity contribution < 1.29 is 13.2 Å². The molecule has 0 aromatic heterocycles. The van der Waals surface area contributed by atoms with Crippen LogP contribution in [0.15, 0.2) is 65.7 Å². The molecule has 2 fully saturated rings. The van der Waals surface area contributed by atoms with Gasteiger partial charge in [0, 0.05) is 12.6 Å². The first-order chi connectivity index (χ1) is 14.6. The van der Waals surface area contributed by atoms with E-state index < -0.39 is 21.2 Å². The second kappa shape index (κ2) is 9.13. The lowest BCUT2D eigenvalue weighted by Crippen LogP contribution is -2.39. The van der Waals surface area contributed by atoms with Crippen LogP contribution in [-0.2, 0) is 21.2 Å². The fraction of sp³-hybridized carbons (Fsp3) is 0.417. The average Bonchev–Trinajstić information content (AvgIpc) is 3.33. The van der Waals surface area contributed by atoms with Crippen LogP contribution in [0.4, 0.5) is 0 Å². The van der Waals surface area contributed by atoms with Gasteiger partial charge in [-0.2, -0.15) is 0 Å². The van der Waals surface area contributed by atoms with Crippen molar-refractivity contribution in [2.45, 2.75) is 56.2 Å². The second-order valence-corrected chi connectivity index (χ2v) is 9.98. The topological polar surface area (TPSA) is 66.8 Å². The largest absolute Gasteiger partial charge is 0.283 e. The van der Waals surface area contributed by atoms with E-state index in [1.165, 1.54) is 5.56 Å². The number of amides is 1. The molecule has 0 radical (unpaired) electrons. The minimum absolute atomic E-state index is 0.188. The number of aliphatic imine (C=N–C) groups is 1. The summed E-state index contributed by atoms with van der Waals surface area (Å²) in [6.45, 7) is 0.464. The Morgan fingerprint density at radius 3 is 2.20 bits per heavy atom. The zero-order valence-corrected chi connectivity index (χ0v) is 17.9. The number of hydrogen-bond acceptors (Lipinski definition) is 4. The predicted octanol–water partition coefficient (Wildman–Crippen LogP) is 4.31. The summed E-state index contributed by atoms with van der Waals surface area (Å²) in [5.41, 5.74) is 2.08. The van der Waals surface area contributed by atoms with E-state index >= 15 is 0 Å². The van der Waals surface area contributed by atoms with E-state index in [0.29, 0.717) is 12.1 Å². The van der Waals surface area contributed by atoms with Gasteiger partial charge in [-0.1, -0.05) is 73.5 Å². The Bertz CT molecular complexity index is 997. The highest BCUT2D eigenvalue weighted by Gasteiger charge is 2.53. The lowest BCUT2D eigenvalue weighted by atomic mass is 10.1. The molecule has 158 valence electrons. The molecule has 1 saturated heterocycles. The van der Waals surface area contributed by atoms with Gasteiger partial charge in [-0.05, 0) is 43.2 Å². The molecule has 2 aromatic rings. The molecular formula is C24H28N2O3S. The molecule has 2 aromatic carbocycles. The van der Waals surface area contributed by atoms with Gasteiger partial charge in [-0.15, -0.1) is 0 Å². The second-order valence-electron chi connectivity index (χ2n) is 8.08. The maximum Gasteiger partial charge on any atom is 0.283 e. The van der Waals surface area contributed by atoms with Crippen LogP contribution in [0.5, 0.6) is 0 Å². The zero-order chi connectivity index (χ0) is 21.0. The summed E-state index contributed by atoms with van der Waals surface area (Å²) in [5, 5.41) is -0.985. The summed E-state index contributed by atoms with van der Waals surface area (Å²) >= 11 is 0. The molecular weight excluding hydrogens is 396 g/mol. The molecule has 1 saturated carbocycles. The molecule has 1 aliphatic heterocycles. The van der Waals surface area contributed by atoms with Crippen molar-refractivity contribution in [3.63, 3.8) is 0 Å². The van der Waals surface area contributed by atoms with Gasteiger partial charge in [0.2, 0.25) is 0 Å². The number of aryl methyl sites for hydroxylation is 1. The Kier molecular flexibility index (Phi) is 6.32. The Balaban J connectivity index is 1.54. The number of hydrogen-bond donors (Lipinski definition) is 0. The summed E-state index contributed by atoms with van der Waals surface area (Å²) in [5.74, 6) is -0.418. The van der Waals surface area contributed by atoms with Crippen molar-refractivity contribution in [3.05, 3.63) is 71.8 Å². The summed E-state index contributed by atoms with van der Waals surface area (Å²) in [6.07, 6.45) is 6.14. The summed E-state index contributed by atoms with van der Waals surface area (Å²) in [7, 11) is -3.80. The number of benzene rings is 2. The van der Waals surface area contributed by atoms with Crippen LogP contribution in [0.2, 0.25) is 0 Å². The minimum Gasteiger partial charge on any atom is -0.282 e. The smallest absolute Gasteiger partial charge is 0.282 e. The first-order valence-corrected chi connectivity index (χ1v) is 12.3. The molecule has 1 atom stereocenters. The standard InChI is InChI=1S/C24H28N2O3S/c27-24-22(25-18-10-9-13-19-11-3-1-4-12-19)23(20-14-5-2-6-15-20)30(28,29)26(24)21-16-7-8-17-21/h1-6,11-12,14-15,21,23H,7-10,13,16-18H2. The van der Waals surface area contributed by atoms with Crippen LogP contribution in [0.3, 0.4) is 0 Å². The van der Waals surface area contributed by atoms with E-state index in [4.69, 9.17) is 0 Å². The maximum atomic E-state index is 13.4. The maximum absolute atomic E-state index is 13.4. The third-order valence-corrected chi connectivity index (χ3v) is 8.10. The molecule has 1 unspecified atom stereocenters. The number of sulfonamides is 1. The molecule has 5 nitrogen and oxygen atoms in total. The zero-order valence-electron chi connectivity index (χ0n) is 17.1. The highest BCUT2D eigenvalue weighted by atomic mass is 32.2. The number of nitrogens with zero attached hydrogens (tertiary/aromatic N) is 2. The third-order valence-electron chi connectivity index (χ3n) is 6.00. The lowest BCUT2D eigenvalue weighted by molar-refractivity contribution is -0.120. The van der Waals surface area contributed by atoms with E-state index in [-0.39, 0.29) is 11.8 Å². The van der Waals surface area contributed by atoms with Gasteiger partial charge < -0.3 is 0 Å². The van der Waals surface area contributed by atoms with E-state index in [1.54, 1.807) is 12.1 Å². The molecule has 0 spiro atoms. The molecule has 0 bridgehead atoms. The van der Waals surface area contributed by atoms with Crippen molar-refractivity contribution in [3.8, 4) is 0 Å². The van der Waals surface area contributed by atoms with Crippen molar-refractivity contribution in [1.29, 1.82) is 0 Å². The Labute approximate surface area is 178 Å². The van der Waals surface area contributed by atoms with Gasteiger partial charge in [0.1, 0.15) is 5.71 Å². The fourth-order valence-corrected chi connectivity index (χ4v) is 6.64. The summed E-state index contributed by atoms with van der Waals surface area (Å²) in [4.78, 5) is 17.7. The van der Waals surface area contributed by atoms with Crippen LogP contribution >= 0.6 is 0 Å². The lowest BCUT2D eigenvalue weighted by Gasteiger charge is -2.22. The Morgan fingerprint density at radius 1 is 0.900 bits per heavy atom. The monoisotopic (exact) mass is 424 g/mol. The molecule has 1 aliphatic carbocycles. The summed E-state index contributed by atoms with van der Waals surface area (Å²) in [6, 6.07) is 19.1. The normalized spacial score (nSPS) is 22.8. The minimum atomic E-state index is -3.80. The average molecular weight is 425 g/mol. The van der Waals surface area contributed by atoms with Gasteiger partial charge in [-0.3, -0.25) is 9.79 Å². The van der Waals surface area contributed by atoms with Crippen LogP contribution in [0.25, 0.3) is 0 Å². The van der Waals surface area contributed by atoms with E-state index in [9.17, 15) is 13.2 Å².